The van der Waals surface area contributed by atoms with Crippen molar-refractivity contribution in [3.8, 4) is 0 Å². The minimum absolute atomic E-state index is 0.392. The number of benzene rings is 1. The van der Waals surface area contributed by atoms with Gasteiger partial charge in [-0.1, -0.05) is 39.0 Å². The maximum Gasteiger partial charge on any atom is 0.0385 e. The second kappa shape index (κ2) is 6.06. The number of hydrogen-bond donors (Lipinski definition) is 1. The third kappa shape index (κ3) is 5.73. The first-order valence-corrected chi connectivity index (χ1v) is 6.35. The van der Waals surface area contributed by atoms with Crippen LogP contribution in [0.1, 0.15) is 32.8 Å². The fraction of sp³-hybridized carbons (Fsp3) is 0.600. The van der Waals surface area contributed by atoms with Gasteiger partial charge in [0, 0.05) is 18.8 Å². The van der Waals surface area contributed by atoms with E-state index in [4.69, 9.17) is 0 Å². The molecule has 0 atom stereocenters. The van der Waals surface area contributed by atoms with Crippen molar-refractivity contribution in [1.82, 2.24) is 4.90 Å². The van der Waals surface area contributed by atoms with E-state index in [1.165, 1.54) is 17.7 Å². The zero-order chi connectivity index (χ0) is 12.9. The molecular formula is C15H26N2. The van der Waals surface area contributed by atoms with Crippen LogP contribution in [-0.4, -0.2) is 25.5 Å². The van der Waals surface area contributed by atoms with Gasteiger partial charge in [0.15, 0.2) is 0 Å². The maximum absolute atomic E-state index is 3.55. The molecule has 0 saturated carbocycles. The highest BCUT2D eigenvalue weighted by Gasteiger charge is 2.09. The number of anilines is 1. The van der Waals surface area contributed by atoms with Gasteiger partial charge in [0.25, 0.3) is 0 Å². The third-order valence-corrected chi connectivity index (χ3v) is 2.69. The number of rotatable bonds is 5. The first-order valence-electron chi connectivity index (χ1n) is 6.35. The lowest BCUT2D eigenvalue weighted by molar-refractivity contribution is 0.389. The van der Waals surface area contributed by atoms with Crippen LogP contribution in [-0.2, 0) is 6.54 Å². The lowest BCUT2D eigenvalue weighted by Crippen LogP contribution is -2.16. The molecule has 0 radical (unpaired) electrons. The zero-order valence-corrected chi connectivity index (χ0v) is 11.9. The highest BCUT2D eigenvalue weighted by Crippen LogP contribution is 2.20. The second-order valence-corrected chi connectivity index (χ2v) is 6.13. The summed E-state index contributed by atoms with van der Waals surface area (Å²) in [5, 5.41) is 3.55. The summed E-state index contributed by atoms with van der Waals surface area (Å²) in [7, 11) is 4.21. The van der Waals surface area contributed by atoms with E-state index < -0.39 is 0 Å². The molecule has 0 aliphatic carbocycles. The topological polar surface area (TPSA) is 15.3 Å². The van der Waals surface area contributed by atoms with E-state index in [2.05, 4.69) is 69.3 Å². The van der Waals surface area contributed by atoms with Crippen molar-refractivity contribution >= 4 is 5.69 Å². The molecule has 0 amide bonds. The van der Waals surface area contributed by atoms with Crippen molar-refractivity contribution in [3.05, 3.63) is 29.8 Å². The van der Waals surface area contributed by atoms with E-state index in [-0.39, 0.29) is 0 Å². The van der Waals surface area contributed by atoms with Gasteiger partial charge in [-0.05, 0) is 37.6 Å². The molecule has 0 unspecified atom stereocenters. The summed E-state index contributed by atoms with van der Waals surface area (Å²) in [4.78, 5) is 2.20. The standard InChI is InChI=1S/C15H26N2/c1-15(2,3)10-11-16-14-9-7-6-8-13(14)12-17(4)5/h6-9,16H,10-12H2,1-5H3. The van der Waals surface area contributed by atoms with Crippen molar-refractivity contribution in [1.29, 1.82) is 0 Å². The monoisotopic (exact) mass is 234 g/mol. The Balaban J connectivity index is 2.58. The first-order chi connectivity index (χ1) is 7.88. The Morgan fingerprint density at radius 2 is 1.76 bits per heavy atom. The Kier molecular flexibility index (Phi) is 5.01. The summed E-state index contributed by atoms with van der Waals surface area (Å²) in [5.41, 5.74) is 3.03. The molecule has 0 bridgehead atoms. The zero-order valence-electron chi connectivity index (χ0n) is 11.9. The average Bonchev–Trinajstić information content (AvgIpc) is 2.18. The smallest absolute Gasteiger partial charge is 0.0385 e. The molecule has 0 aromatic heterocycles. The van der Waals surface area contributed by atoms with Crippen LogP contribution < -0.4 is 5.32 Å². The Morgan fingerprint density at radius 1 is 1.12 bits per heavy atom. The fourth-order valence-corrected chi connectivity index (χ4v) is 1.74. The van der Waals surface area contributed by atoms with Crippen molar-refractivity contribution in [2.24, 2.45) is 5.41 Å². The minimum atomic E-state index is 0.392. The molecule has 0 fully saturated rings. The van der Waals surface area contributed by atoms with E-state index >= 15 is 0 Å². The molecule has 0 saturated heterocycles. The average molecular weight is 234 g/mol. The highest BCUT2D eigenvalue weighted by atomic mass is 15.1. The minimum Gasteiger partial charge on any atom is -0.385 e. The number of para-hydroxylation sites is 1. The lowest BCUT2D eigenvalue weighted by atomic mass is 9.92. The predicted molar refractivity (Wildman–Crippen MR) is 76.4 cm³/mol. The van der Waals surface area contributed by atoms with Gasteiger partial charge in [-0.3, -0.25) is 0 Å². The molecule has 1 N–H and O–H groups in total. The molecule has 0 aliphatic heterocycles. The summed E-state index contributed by atoms with van der Waals surface area (Å²) in [5.74, 6) is 0. The van der Waals surface area contributed by atoms with Crippen LogP contribution in [0.2, 0.25) is 0 Å². The molecule has 2 nitrogen and oxygen atoms in total. The van der Waals surface area contributed by atoms with Crippen molar-refractivity contribution in [2.75, 3.05) is 26.0 Å². The molecule has 1 rings (SSSR count). The van der Waals surface area contributed by atoms with Crippen LogP contribution in [0.15, 0.2) is 24.3 Å². The van der Waals surface area contributed by atoms with Crippen LogP contribution in [0.4, 0.5) is 5.69 Å². The summed E-state index contributed by atoms with van der Waals surface area (Å²) >= 11 is 0. The number of hydrogen-bond acceptors (Lipinski definition) is 2. The van der Waals surface area contributed by atoms with E-state index in [9.17, 15) is 0 Å². The summed E-state index contributed by atoms with van der Waals surface area (Å²) in [6.45, 7) is 8.86. The maximum atomic E-state index is 3.55. The van der Waals surface area contributed by atoms with Gasteiger partial charge in [0.05, 0.1) is 0 Å². The molecule has 1 aromatic rings. The normalized spacial score (nSPS) is 11.9. The quantitative estimate of drug-likeness (QED) is 0.837. The molecule has 0 heterocycles. The third-order valence-electron chi connectivity index (χ3n) is 2.69. The van der Waals surface area contributed by atoms with Crippen LogP contribution in [0, 0.1) is 5.41 Å². The van der Waals surface area contributed by atoms with E-state index in [0.717, 1.165) is 13.1 Å². The molecule has 0 spiro atoms. The van der Waals surface area contributed by atoms with Crippen molar-refractivity contribution in [2.45, 2.75) is 33.7 Å². The van der Waals surface area contributed by atoms with E-state index in [1.807, 2.05) is 0 Å². The Morgan fingerprint density at radius 3 is 2.35 bits per heavy atom. The summed E-state index contributed by atoms with van der Waals surface area (Å²) in [6, 6.07) is 8.56. The molecular weight excluding hydrogens is 208 g/mol. The fourth-order valence-electron chi connectivity index (χ4n) is 1.74. The van der Waals surface area contributed by atoms with Gasteiger partial charge in [-0.15, -0.1) is 0 Å². The van der Waals surface area contributed by atoms with Gasteiger partial charge in [-0.2, -0.15) is 0 Å². The Labute approximate surface area is 106 Å². The van der Waals surface area contributed by atoms with Gasteiger partial charge in [-0.25, -0.2) is 0 Å². The second-order valence-electron chi connectivity index (χ2n) is 6.13. The summed E-state index contributed by atoms with van der Waals surface area (Å²) < 4.78 is 0. The van der Waals surface area contributed by atoms with Gasteiger partial charge in [0.2, 0.25) is 0 Å². The first kappa shape index (κ1) is 14.0. The molecule has 17 heavy (non-hydrogen) atoms. The van der Waals surface area contributed by atoms with E-state index in [0.29, 0.717) is 5.41 Å². The van der Waals surface area contributed by atoms with Crippen LogP contribution in [0.3, 0.4) is 0 Å². The van der Waals surface area contributed by atoms with E-state index in [1.54, 1.807) is 0 Å². The molecule has 1 aromatic carbocycles. The van der Waals surface area contributed by atoms with Crippen LogP contribution in [0.5, 0.6) is 0 Å². The molecule has 96 valence electrons. The number of nitrogens with one attached hydrogen (secondary N) is 1. The van der Waals surface area contributed by atoms with Crippen molar-refractivity contribution in [3.63, 3.8) is 0 Å². The Bertz CT molecular complexity index is 337. The largest absolute Gasteiger partial charge is 0.385 e. The van der Waals surface area contributed by atoms with Gasteiger partial charge in [0.1, 0.15) is 0 Å². The van der Waals surface area contributed by atoms with Crippen LogP contribution >= 0.6 is 0 Å². The lowest BCUT2D eigenvalue weighted by Gasteiger charge is -2.20. The van der Waals surface area contributed by atoms with Gasteiger partial charge >= 0.3 is 0 Å². The molecule has 0 aliphatic rings. The number of nitrogens with zero attached hydrogens (tertiary/aromatic N) is 1. The molecule has 2 heteroatoms. The predicted octanol–water partition coefficient (Wildman–Crippen LogP) is 3.60. The Hall–Kier alpha value is -1.02. The SMILES string of the molecule is CN(C)Cc1ccccc1NCCC(C)(C)C. The van der Waals surface area contributed by atoms with Gasteiger partial charge < -0.3 is 10.2 Å². The highest BCUT2D eigenvalue weighted by molar-refractivity contribution is 5.50. The van der Waals surface area contributed by atoms with Crippen molar-refractivity contribution < 1.29 is 0 Å². The summed E-state index contributed by atoms with van der Waals surface area (Å²) in [6.07, 6.45) is 1.18. The van der Waals surface area contributed by atoms with Crippen LogP contribution in [0.25, 0.3) is 0 Å².